The van der Waals surface area contributed by atoms with Crippen molar-refractivity contribution in [2.45, 2.75) is 32.7 Å². The van der Waals surface area contributed by atoms with Gasteiger partial charge in [0, 0.05) is 12.6 Å². The lowest BCUT2D eigenvalue weighted by molar-refractivity contribution is -0.119. The van der Waals surface area contributed by atoms with Gasteiger partial charge in [0.1, 0.15) is 0 Å². The molecule has 1 fully saturated rings. The van der Waals surface area contributed by atoms with Crippen molar-refractivity contribution < 1.29 is 9.59 Å². The van der Waals surface area contributed by atoms with Crippen LogP contribution >= 0.6 is 11.6 Å². The Labute approximate surface area is 129 Å². The highest BCUT2D eigenvalue weighted by molar-refractivity contribution is 6.34. The van der Waals surface area contributed by atoms with Crippen LogP contribution in [0.1, 0.15) is 26.7 Å². The first-order chi connectivity index (χ1) is 9.95. The second-order valence-electron chi connectivity index (χ2n) is 5.50. The van der Waals surface area contributed by atoms with E-state index >= 15 is 0 Å². The van der Waals surface area contributed by atoms with Crippen LogP contribution in [-0.2, 0) is 9.59 Å². The number of carbonyl (C=O) groups is 2. The van der Waals surface area contributed by atoms with E-state index < -0.39 is 0 Å². The third-order valence-electron chi connectivity index (χ3n) is 3.53. The molecule has 2 atom stereocenters. The number of carbonyl (C=O) groups excluding carboxylic acids is 2. The SMILES string of the molecule is CC(=O)Nc1ccc(NC(=O)C2CC(C)CCN2)cc1Cl. The lowest BCUT2D eigenvalue weighted by Gasteiger charge is -2.27. The third kappa shape index (κ3) is 4.44. The minimum absolute atomic E-state index is 0.0510. The van der Waals surface area contributed by atoms with Gasteiger partial charge in [-0.1, -0.05) is 18.5 Å². The summed E-state index contributed by atoms with van der Waals surface area (Å²) in [7, 11) is 0. The Morgan fingerprint density at radius 3 is 2.71 bits per heavy atom. The second-order valence-corrected chi connectivity index (χ2v) is 5.91. The number of halogens is 1. The smallest absolute Gasteiger partial charge is 0.241 e. The molecule has 0 spiro atoms. The van der Waals surface area contributed by atoms with E-state index in [0.717, 1.165) is 19.4 Å². The Kier molecular flexibility index (Phi) is 5.20. The Hall–Kier alpha value is -1.59. The zero-order valence-electron chi connectivity index (χ0n) is 12.2. The molecule has 2 amide bonds. The summed E-state index contributed by atoms with van der Waals surface area (Å²) in [6.07, 6.45) is 1.94. The number of rotatable bonds is 3. The number of anilines is 2. The van der Waals surface area contributed by atoms with Gasteiger partial charge in [-0.15, -0.1) is 0 Å². The number of piperidine rings is 1. The third-order valence-corrected chi connectivity index (χ3v) is 3.84. The first-order valence-electron chi connectivity index (χ1n) is 7.07. The fraction of sp³-hybridized carbons (Fsp3) is 0.467. The standard InChI is InChI=1S/C15H20ClN3O2/c1-9-5-6-17-14(7-9)15(21)19-11-3-4-13(12(16)8-11)18-10(2)20/h3-4,8-9,14,17H,5-7H2,1-2H3,(H,18,20)(H,19,21). The minimum atomic E-state index is -0.186. The monoisotopic (exact) mass is 309 g/mol. The summed E-state index contributed by atoms with van der Waals surface area (Å²) < 4.78 is 0. The topological polar surface area (TPSA) is 70.2 Å². The van der Waals surface area contributed by atoms with E-state index in [9.17, 15) is 9.59 Å². The van der Waals surface area contributed by atoms with Gasteiger partial charge in [-0.3, -0.25) is 9.59 Å². The maximum Gasteiger partial charge on any atom is 0.241 e. The van der Waals surface area contributed by atoms with Crippen LogP contribution in [0.15, 0.2) is 18.2 Å². The van der Waals surface area contributed by atoms with Crippen molar-refractivity contribution >= 4 is 34.8 Å². The molecular weight excluding hydrogens is 290 g/mol. The number of benzene rings is 1. The predicted molar refractivity (Wildman–Crippen MR) is 84.6 cm³/mol. The first-order valence-corrected chi connectivity index (χ1v) is 7.45. The summed E-state index contributed by atoms with van der Waals surface area (Å²) >= 11 is 6.08. The molecule has 0 bridgehead atoms. The normalized spacial score (nSPS) is 21.7. The molecule has 2 unspecified atom stereocenters. The Balaban J connectivity index is 2.00. The summed E-state index contributed by atoms with van der Waals surface area (Å²) in [6, 6.07) is 4.87. The molecule has 1 aliphatic heterocycles. The predicted octanol–water partition coefficient (Wildman–Crippen LogP) is 2.62. The summed E-state index contributed by atoms with van der Waals surface area (Å²) in [5.41, 5.74) is 1.16. The van der Waals surface area contributed by atoms with Crippen LogP contribution in [0, 0.1) is 5.92 Å². The maximum absolute atomic E-state index is 12.2. The molecule has 0 saturated carbocycles. The van der Waals surface area contributed by atoms with Crippen molar-refractivity contribution in [1.82, 2.24) is 5.32 Å². The van der Waals surface area contributed by atoms with E-state index in [-0.39, 0.29) is 17.9 Å². The van der Waals surface area contributed by atoms with Gasteiger partial charge in [0.2, 0.25) is 11.8 Å². The molecule has 1 aliphatic rings. The van der Waals surface area contributed by atoms with Gasteiger partial charge in [-0.2, -0.15) is 0 Å². The van der Waals surface area contributed by atoms with Gasteiger partial charge in [-0.25, -0.2) is 0 Å². The van der Waals surface area contributed by atoms with Gasteiger partial charge in [0.05, 0.1) is 16.8 Å². The van der Waals surface area contributed by atoms with Crippen molar-refractivity contribution in [1.29, 1.82) is 0 Å². The first kappa shape index (κ1) is 15.8. The van der Waals surface area contributed by atoms with Gasteiger partial charge >= 0.3 is 0 Å². The zero-order valence-corrected chi connectivity index (χ0v) is 13.0. The Morgan fingerprint density at radius 2 is 2.10 bits per heavy atom. The fourth-order valence-electron chi connectivity index (χ4n) is 2.42. The molecule has 114 valence electrons. The Bertz CT molecular complexity index is 548. The second kappa shape index (κ2) is 6.91. The molecule has 0 aliphatic carbocycles. The van der Waals surface area contributed by atoms with Crippen LogP contribution in [0.5, 0.6) is 0 Å². The van der Waals surface area contributed by atoms with E-state index in [1.54, 1.807) is 18.2 Å². The van der Waals surface area contributed by atoms with Gasteiger partial charge in [0.25, 0.3) is 0 Å². The van der Waals surface area contributed by atoms with Crippen LogP contribution < -0.4 is 16.0 Å². The number of hydrogen-bond acceptors (Lipinski definition) is 3. The minimum Gasteiger partial charge on any atom is -0.325 e. The number of amides is 2. The quantitative estimate of drug-likeness (QED) is 0.804. The molecule has 21 heavy (non-hydrogen) atoms. The van der Waals surface area contributed by atoms with Crippen LogP contribution in [-0.4, -0.2) is 24.4 Å². The highest BCUT2D eigenvalue weighted by atomic mass is 35.5. The van der Waals surface area contributed by atoms with Gasteiger partial charge in [-0.05, 0) is 43.5 Å². The Morgan fingerprint density at radius 1 is 1.33 bits per heavy atom. The number of nitrogens with one attached hydrogen (secondary N) is 3. The molecule has 0 radical (unpaired) electrons. The molecule has 3 N–H and O–H groups in total. The molecule has 6 heteroatoms. The highest BCUT2D eigenvalue weighted by Crippen LogP contribution is 2.26. The molecule has 5 nitrogen and oxygen atoms in total. The average Bonchev–Trinajstić information content (AvgIpc) is 2.41. The van der Waals surface area contributed by atoms with Crippen LogP contribution in [0.3, 0.4) is 0 Å². The van der Waals surface area contributed by atoms with E-state index in [4.69, 9.17) is 11.6 Å². The largest absolute Gasteiger partial charge is 0.325 e. The van der Waals surface area contributed by atoms with E-state index in [0.29, 0.717) is 22.3 Å². The summed E-state index contributed by atoms with van der Waals surface area (Å²) in [5.74, 6) is 0.312. The molecule has 0 aromatic heterocycles. The van der Waals surface area contributed by atoms with E-state index in [1.165, 1.54) is 6.92 Å². The highest BCUT2D eigenvalue weighted by Gasteiger charge is 2.24. The number of hydrogen-bond donors (Lipinski definition) is 3. The zero-order chi connectivity index (χ0) is 15.4. The molecule has 1 aromatic rings. The molecule has 2 rings (SSSR count). The summed E-state index contributed by atoms with van der Waals surface area (Å²) in [6.45, 7) is 4.43. The van der Waals surface area contributed by atoms with Crippen molar-refractivity contribution in [3.05, 3.63) is 23.2 Å². The van der Waals surface area contributed by atoms with Crippen molar-refractivity contribution in [3.63, 3.8) is 0 Å². The average molecular weight is 310 g/mol. The molecular formula is C15H20ClN3O2. The van der Waals surface area contributed by atoms with Gasteiger partial charge in [0.15, 0.2) is 0 Å². The van der Waals surface area contributed by atoms with Crippen LogP contribution in [0.25, 0.3) is 0 Å². The van der Waals surface area contributed by atoms with Gasteiger partial charge < -0.3 is 16.0 Å². The van der Waals surface area contributed by atoms with E-state index in [2.05, 4.69) is 22.9 Å². The maximum atomic E-state index is 12.2. The van der Waals surface area contributed by atoms with Crippen LogP contribution in [0.4, 0.5) is 11.4 Å². The molecule has 1 aromatic carbocycles. The fourth-order valence-corrected chi connectivity index (χ4v) is 2.65. The lowest BCUT2D eigenvalue weighted by atomic mass is 9.94. The van der Waals surface area contributed by atoms with E-state index in [1.807, 2.05) is 0 Å². The summed E-state index contributed by atoms with van der Waals surface area (Å²) in [4.78, 5) is 23.2. The summed E-state index contributed by atoms with van der Waals surface area (Å²) in [5, 5.41) is 9.10. The molecule has 1 heterocycles. The van der Waals surface area contributed by atoms with Crippen molar-refractivity contribution in [3.8, 4) is 0 Å². The lowest BCUT2D eigenvalue weighted by Crippen LogP contribution is -2.45. The molecule has 1 saturated heterocycles. The van der Waals surface area contributed by atoms with Crippen molar-refractivity contribution in [2.24, 2.45) is 5.92 Å². The van der Waals surface area contributed by atoms with Crippen molar-refractivity contribution in [2.75, 3.05) is 17.2 Å². The van der Waals surface area contributed by atoms with Crippen LogP contribution in [0.2, 0.25) is 5.02 Å².